The van der Waals surface area contributed by atoms with Crippen LogP contribution in [0.3, 0.4) is 0 Å². The minimum Gasteiger partial charge on any atom is -0.497 e. The Morgan fingerprint density at radius 1 is 1.07 bits per heavy atom. The highest BCUT2D eigenvalue weighted by atomic mass is 32.2. The van der Waals surface area contributed by atoms with Crippen LogP contribution >= 0.6 is 11.3 Å². The third-order valence-electron chi connectivity index (χ3n) is 5.15. The lowest BCUT2D eigenvalue weighted by atomic mass is 10.1. The number of sulfonamides is 1. The van der Waals surface area contributed by atoms with Crippen molar-refractivity contribution in [2.75, 3.05) is 13.7 Å². The fourth-order valence-corrected chi connectivity index (χ4v) is 5.96. The van der Waals surface area contributed by atoms with Gasteiger partial charge in [0.1, 0.15) is 10.8 Å². The summed E-state index contributed by atoms with van der Waals surface area (Å²) in [6, 6.07) is 13.1. The first kappa shape index (κ1) is 19.1. The molecule has 0 N–H and O–H groups in total. The third kappa shape index (κ3) is 3.45. The molecule has 28 heavy (non-hydrogen) atoms. The molecule has 7 heteroatoms. The number of nitrogens with zero attached hydrogens (tertiary/aromatic N) is 2. The van der Waals surface area contributed by atoms with E-state index in [0.29, 0.717) is 24.4 Å². The Labute approximate surface area is 169 Å². The van der Waals surface area contributed by atoms with Gasteiger partial charge in [0, 0.05) is 23.4 Å². The van der Waals surface area contributed by atoms with E-state index in [0.717, 1.165) is 38.0 Å². The summed E-state index contributed by atoms with van der Waals surface area (Å²) >= 11 is 1.56. The predicted octanol–water partition coefficient (Wildman–Crippen LogP) is 4.18. The molecule has 0 spiro atoms. The molecule has 2 heterocycles. The van der Waals surface area contributed by atoms with Crippen LogP contribution in [0.4, 0.5) is 0 Å². The summed E-state index contributed by atoms with van der Waals surface area (Å²) < 4.78 is 33.0. The van der Waals surface area contributed by atoms with Gasteiger partial charge in [-0.15, -0.1) is 11.3 Å². The van der Waals surface area contributed by atoms with Crippen LogP contribution in [0.5, 0.6) is 5.75 Å². The van der Waals surface area contributed by atoms with Gasteiger partial charge in [0.15, 0.2) is 0 Å². The number of hydrogen-bond donors (Lipinski definition) is 0. The molecular weight excluding hydrogens is 392 g/mol. The second-order valence-electron chi connectivity index (χ2n) is 6.95. The minimum absolute atomic E-state index is 0.360. The summed E-state index contributed by atoms with van der Waals surface area (Å²) in [5.74, 6) is 0.802. The molecule has 0 atom stereocenters. The van der Waals surface area contributed by atoms with Crippen molar-refractivity contribution < 1.29 is 13.2 Å². The topological polar surface area (TPSA) is 59.5 Å². The normalized spacial score (nSPS) is 14.7. The lowest BCUT2D eigenvalue weighted by Gasteiger charge is -2.25. The van der Waals surface area contributed by atoms with Crippen molar-refractivity contribution in [3.8, 4) is 16.3 Å². The molecule has 0 saturated heterocycles. The summed E-state index contributed by atoms with van der Waals surface area (Å²) in [7, 11) is -1.87. The Balaban J connectivity index is 1.60. The summed E-state index contributed by atoms with van der Waals surface area (Å²) in [5.41, 5.74) is 4.09. The van der Waals surface area contributed by atoms with Crippen LogP contribution < -0.4 is 4.74 Å². The Kier molecular flexibility index (Phi) is 4.99. The molecule has 146 valence electrons. The van der Waals surface area contributed by atoms with E-state index in [1.54, 1.807) is 34.9 Å². The zero-order valence-electron chi connectivity index (χ0n) is 16.1. The summed E-state index contributed by atoms with van der Waals surface area (Å²) in [6.45, 7) is 4.75. The van der Waals surface area contributed by atoms with Gasteiger partial charge in [-0.3, -0.25) is 0 Å². The van der Waals surface area contributed by atoms with Crippen LogP contribution in [0, 0.1) is 13.8 Å². The fraction of sp³-hybridized carbons (Fsp3) is 0.286. The lowest BCUT2D eigenvalue weighted by Crippen LogP contribution is -2.35. The monoisotopic (exact) mass is 414 g/mol. The van der Waals surface area contributed by atoms with Crippen molar-refractivity contribution in [3.05, 3.63) is 64.2 Å². The summed E-state index contributed by atoms with van der Waals surface area (Å²) in [4.78, 5) is 6.13. The molecule has 1 aliphatic rings. The fourth-order valence-electron chi connectivity index (χ4n) is 3.26. The first-order chi connectivity index (χ1) is 13.4. The summed E-state index contributed by atoms with van der Waals surface area (Å²) in [5, 5.41) is 0.915. The first-order valence-electron chi connectivity index (χ1n) is 9.09. The Hall–Kier alpha value is -2.22. The number of fused-ring (bicyclic) bond motifs is 1. The highest BCUT2D eigenvalue weighted by molar-refractivity contribution is 7.89. The van der Waals surface area contributed by atoms with Gasteiger partial charge in [0.25, 0.3) is 0 Å². The molecule has 0 bridgehead atoms. The highest BCUT2D eigenvalue weighted by Gasteiger charge is 2.30. The van der Waals surface area contributed by atoms with E-state index in [2.05, 4.69) is 0 Å². The van der Waals surface area contributed by atoms with Crippen molar-refractivity contribution in [3.63, 3.8) is 0 Å². The number of methoxy groups -OCH3 is 1. The predicted molar refractivity (Wildman–Crippen MR) is 111 cm³/mol. The molecule has 0 fully saturated rings. The van der Waals surface area contributed by atoms with Crippen LogP contribution in [-0.2, 0) is 23.0 Å². The van der Waals surface area contributed by atoms with E-state index in [-0.39, 0.29) is 0 Å². The van der Waals surface area contributed by atoms with Crippen LogP contribution in [0.1, 0.15) is 21.7 Å². The summed E-state index contributed by atoms with van der Waals surface area (Å²) in [6.07, 6.45) is 0.631. The number of hydrogen-bond acceptors (Lipinski definition) is 5. The molecule has 0 radical (unpaired) electrons. The quantitative estimate of drug-likeness (QED) is 0.643. The number of rotatable bonds is 4. The van der Waals surface area contributed by atoms with Crippen molar-refractivity contribution in [2.24, 2.45) is 0 Å². The van der Waals surface area contributed by atoms with Crippen LogP contribution in [0.15, 0.2) is 47.4 Å². The molecule has 1 aromatic heterocycles. The van der Waals surface area contributed by atoms with E-state index in [1.807, 2.05) is 44.2 Å². The maximum atomic E-state index is 13.1. The second-order valence-corrected chi connectivity index (χ2v) is 9.97. The van der Waals surface area contributed by atoms with Crippen LogP contribution in [0.25, 0.3) is 10.6 Å². The number of thiazole rings is 1. The van der Waals surface area contributed by atoms with Gasteiger partial charge in [-0.25, -0.2) is 13.4 Å². The highest BCUT2D eigenvalue weighted by Crippen LogP contribution is 2.34. The van der Waals surface area contributed by atoms with Gasteiger partial charge < -0.3 is 4.74 Å². The minimum atomic E-state index is -3.51. The molecule has 0 unspecified atom stereocenters. The first-order valence-corrected chi connectivity index (χ1v) is 11.3. The van der Waals surface area contributed by atoms with Crippen LogP contribution in [0.2, 0.25) is 0 Å². The number of aromatic nitrogens is 1. The Morgan fingerprint density at radius 2 is 1.82 bits per heavy atom. The van der Waals surface area contributed by atoms with E-state index < -0.39 is 10.0 Å². The number of ether oxygens (including phenoxy) is 1. The lowest BCUT2D eigenvalue weighted by molar-refractivity contribution is 0.393. The van der Waals surface area contributed by atoms with E-state index in [1.165, 1.54) is 0 Å². The number of benzene rings is 2. The molecular formula is C21H22N2O3S2. The second kappa shape index (κ2) is 7.31. The van der Waals surface area contributed by atoms with Crippen molar-refractivity contribution in [2.45, 2.75) is 31.7 Å². The number of aryl methyl sites for hydroxylation is 2. The molecule has 3 aromatic rings. The molecule has 1 aliphatic heterocycles. The van der Waals surface area contributed by atoms with Gasteiger partial charge in [-0.1, -0.05) is 6.07 Å². The van der Waals surface area contributed by atoms with Crippen LogP contribution in [-0.4, -0.2) is 31.4 Å². The average Bonchev–Trinajstić information content (AvgIpc) is 3.13. The molecule has 0 aliphatic carbocycles. The van der Waals surface area contributed by atoms with E-state index in [9.17, 15) is 8.42 Å². The zero-order valence-corrected chi connectivity index (χ0v) is 17.7. The van der Waals surface area contributed by atoms with E-state index >= 15 is 0 Å². The smallest absolute Gasteiger partial charge is 0.243 e. The third-order valence-corrected chi connectivity index (χ3v) is 8.12. The average molecular weight is 415 g/mol. The maximum Gasteiger partial charge on any atom is 0.243 e. The van der Waals surface area contributed by atoms with Crippen molar-refractivity contribution in [1.29, 1.82) is 0 Å². The van der Waals surface area contributed by atoms with Gasteiger partial charge in [-0.2, -0.15) is 4.31 Å². The molecule has 2 aromatic carbocycles. The maximum absolute atomic E-state index is 13.1. The molecule has 4 rings (SSSR count). The van der Waals surface area contributed by atoms with Crippen molar-refractivity contribution in [1.82, 2.24) is 9.29 Å². The Morgan fingerprint density at radius 3 is 2.50 bits per heavy atom. The largest absolute Gasteiger partial charge is 0.497 e. The van der Waals surface area contributed by atoms with E-state index in [4.69, 9.17) is 9.72 Å². The van der Waals surface area contributed by atoms with Gasteiger partial charge in [0.05, 0.1) is 24.2 Å². The molecule has 0 amide bonds. The van der Waals surface area contributed by atoms with Crippen molar-refractivity contribution >= 4 is 21.4 Å². The Bertz CT molecular complexity index is 1120. The van der Waals surface area contributed by atoms with Gasteiger partial charge in [0.2, 0.25) is 10.0 Å². The molecule has 5 nitrogen and oxygen atoms in total. The molecule has 0 saturated carbocycles. The van der Waals surface area contributed by atoms with Gasteiger partial charge in [-0.05, 0) is 61.4 Å². The van der Waals surface area contributed by atoms with Gasteiger partial charge >= 0.3 is 0 Å². The standard InChI is InChI=1S/C21H22N2O3S2/c1-14-4-9-18(12-15(14)2)28(24,25)23-11-10-19-20(13-23)27-21(22-19)16-5-7-17(26-3)8-6-16/h4-9,12H,10-11,13H2,1-3H3. The zero-order chi connectivity index (χ0) is 19.9. The SMILES string of the molecule is COc1ccc(-c2nc3c(s2)CN(S(=O)(=O)c2ccc(C)c(C)c2)CC3)cc1.